The number of fused-ring (bicyclic) bond motifs is 1. The smallest absolute Gasteiger partial charge is 0.246 e. The van der Waals surface area contributed by atoms with Gasteiger partial charge in [0.25, 0.3) is 0 Å². The largest absolute Gasteiger partial charge is 0.489 e. The third-order valence-corrected chi connectivity index (χ3v) is 9.79. The van der Waals surface area contributed by atoms with Crippen LogP contribution >= 0.6 is 0 Å². The molecule has 3 aliphatic rings. The van der Waals surface area contributed by atoms with Crippen LogP contribution in [-0.4, -0.2) is 90.1 Å². The van der Waals surface area contributed by atoms with E-state index in [4.69, 9.17) is 4.74 Å². The standard InChI is InChI=1S/C30H46N4O5.C8H10/c1-30(2,38)27-28(36)32-18-24(35)31-17-9-14-21-12-8-13-22-15-16-23(39-26(21)22)19-33(3)25(29(37)34(27)4)20-10-6-5-7-11-20;1-2-8-6-4-3-5-7-8/h8,12-13,20,23,25,27,38H,5-7,9-11,14-19H2,1-4H3,(H,31,35)(H,32,36);3-7H,2H2,1H3. The first-order chi connectivity index (χ1) is 22.5. The van der Waals surface area contributed by atoms with Gasteiger partial charge in [0, 0.05) is 20.1 Å². The van der Waals surface area contributed by atoms with Crippen LogP contribution < -0.4 is 15.4 Å². The molecule has 2 aromatic rings. The highest BCUT2D eigenvalue weighted by atomic mass is 16.5. The van der Waals surface area contributed by atoms with Gasteiger partial charge < -0.3 is 25.4 Å². The number of rotatable bonds is 3. The van der Waals surface area contributed by atoms with Crippen molar-refractivity contribution in [3.8, 4) is 5.75 Å². The van der Waals surface area contributed by atoms with Crippen LogP contribution in [0.25, 0.3) is 0 Å². The van der Waals surface area contributed by atoms with Crippen LogP contribution in [0.1, 0.15) is 82.4 Å². The van der Waals surface area contributed by atoms with E-state index in [-0.39, 0.29) is 30.4 Å². The van der Waals surface area contributed by atoms with Crippen molar-refractivity contribution in [2.24, 2.45) is 5.92 Å². The number of nitrogens with one attached hydrogen (secondary N) is 2. The maximum atomic E-state index is 14.2. The van der Waals surface area contributed by atoms with Gasteiger partial charge in [-0.2, -0.15) is 0 Å². The quantitative estimate of drug-likeness (QED) is 0.458. The molecule has 3 atom stereocenters. The Morgan fingerprint density at radius 1 is 0.872 bits per heavy atom. The Bertz CT molecular complexity index is 1320. The van der Waals surface area contributed by atoms with Crippen LogP contribution in [0.3, 0.4) is 0 Å². The first-order valence-corrected chi connectivity index (χ1v) is 17.5. The van der Waals surface area contributed by atoms with Crippen molar-refractivity contribution in [3.63, 3.8) is 0 Å². The zero-order valence-corrected chi connectivity index (χ0v) is 29.1. The van der Waals surface area contributed by atoms with Crippen LogP contribution in [0.2, 0.25) is 0 Å². The lowest BCUT2D eigenvalue weighted by atomic mass is 9.82. The number of benzene rings is 2. The zero-order chi connectivity index (χ0) is 34.0. The Kier molecular flexibility index (Phi) is 13.3. The number of nitrogens with zero attached hydrogens (tertiary/aromatic N) is 2. The van der Waals surface area contributed by atoms with Gasteiger partial charge in [0.05, 0.1) is 18.2 Å². The molecule has 2 aliphatic heterocycles. The highest BCUT2D eigenvalue weighted by Gasteiger charge is 2.44. The van der Waals surface area contributed by atoms with Gasteiger partial charge in [-0.25, -0.2) is 0 Å². The molecule has 3 N–H and O–H groups in total. The number of likely N-dealkylation sites (N-methyl/N-ethyl adjacent to an activating group) is 2. The summed E-state index contributed by atoms with van der Waals surface area (Å²) < 4.78 is 6.58. The fraction of sp³-hybridized carbons (Fsp3) is 0.605. The minimum atomic E-state index is -1.51. The Morgan fingerprint density at radius 2 is 1.55 bits per heavy atom. The van der Waals surface area contributed by atoms with E-state index in [1.165, 1.54) is 36.3 Å². The summed E-state index contributed by atoms with van der Waals surface area (Å²) in [4.78, 5) is 43.5. The predicted molar refractivity (Wildman–Crippen MR) is 185 cm³/mol. The summed E-state index contributed by atoms with van der Waals surface area (Å²) in [5.74, 6) is 0.0682. The summed E-state index contributed by atoms with van der Waals surface area (Å²) >= 11 is 0. The van der Waals surface area contributed by atoms with Gasteiger partial charge >= 0.3 is 0 Å². The Morgan fingerprint density at radius 3 is 2.19 bits per heavy atom. The predicted octanol–water partition coefficient (Wildman–Crippen LogP) is 4.29. The summed E-state index contributed by atoms with van der Waals surface area (Å²) in [5, 5.41) is 16.5. The summed E-state index contributed by atoms with van der Waals surface area (Å²) in [6.45, 7) is 6.07. The van der Waals surface area contributed by atoms with Crippen LogP contribution in [-0.2, 0) is 33.6 Å². The molecule has 0 spiro atoms. The second kappa shape index (κ2) is 17.1. The fourth-order valence-electron chi connectivity index (χ4n) is 7.34. The van der Waals surface area contributed by atoms with E-state index in [0.29, 0.717) is 13.1 Å². The van der Waals surface area contributed by atoms with Crippen molar-refractivity contribution >= 4 is 17.7 Å². The number of aryl methyl sites for hydroxylation is 3. The fourth-order valence-corrected chi connectivity index (χ4v) is 7.34. The highest BCUT2D eigenvalue weighted by Crippen LogP contribution is 2.34. The summed E-state index contributed by atoms with van der Waals surface area (Å²) in [7, 11) is 3.57. The van der Waals surface area contributed by atoms with E-state index < -0.39 is 23.6 Å². The average molecular weight is 649 g/mol. The summed E-state index contributed by atoms with van der Waals surface area (Å²) in [6.07, 6.45) is 9.61. The molecule has 1 fully saturated rings. The van der Waals surface area contributed by atoms with Crippen molar-refractivity contribution in [1.82, 2.24) is 20.4 Å². The number of carbonyl (C=O) groups excluding carboxylic acids is 3. The Labute approximate surface area is 281 Å². The SMILES string of the molecule is CCc1ccccc1.CN1CC2CCc3cccc(c3O2)CCCNC(=O)CNC(=O)C(C(C)(C)O)N(C)C(=O)C1C1CCCCC1. The maximum absolute atomic E-state index is 14.2. The molecule has 3 amide bonds. The molecule has 258 valence electrons. The molecule has 0 saturated heterocycles. The topological polar surface area (TPSA) is 111 Å². The Balaban J connectivity index is 0.000000546. The third-order valence-electron chi connectivity index (χ3n) is 9.79. The average Bonchev–Trinajstić information content (AvgIpc) is 3.06. The van der Waals surface area contributed by atoms with Crippen LogP contribution in [0.4, 0.5) is 0 Å². The molecule has 0 radical (unpaired) electrons. The Hall–Kier alpha value is -3.43. The summed E-state index contributed by atoms with van der Waals surface area (Å²) in [5.41, 5.74) is 2.25. The van der Waals surface area contributed by atoms with Crippen LogP contribution in [0.5, 0.6) is 5.75 Å². The molecule has 2 bridgehead atoms. The number of ether oxygens (including phenoxy) is 1. The van der Waals surface area contributed by atoms with Gasteiger partial charge in [0.15, 0.2) is 0 Å². The minimum absolute atomic E-state index is 0.0557. The third kappa shape index (κ3) is 10.0. The lowest BCUT2D eigenvalue weighted by Gasteiger charge is -2.43. The number of amides is 3. The lowest BCUT2D eigenvalue weighted by Crippen LogP contribution is -2.63. The molecule has 47 heavy (non-hydrogen) atoms. The second-order valence-electron chi connectivity index (χ2n) is 14.0. The normalized spacial score (nSPS) is 24.1. The monoisotopic (exact) mass is 648 g/mol. The molecule has 9 nitrogen and oxygen atoms in total. The molecular formula is C38H56N4O5. The molecule has 2 heterocycles. The van der Waals surface area contributed by atoms with Gasteiger partial charge in [-0.15, -0.1) is 0 Å². The summed E-state index contributed by atoms with van der Waals surface area (Å²) in [6, 6.07) is 15.2. The zero-order valence-electron chi connectivity index (χ0n) is 29.1. The van der Waals surface area contributed by atoms with Crippen molar-refractivity contribution in [2.75, 3.05) is 33.7 Å². The lowest BCUT2D eigenvalue weighted by molar-refractivity contribution is -0.153. The number of carbonyl (C=O) groups is 3. The first kappa shape index (κ1) is 36.4. The first-order valence-electron chi connectivity index (χ1n) is 17.5. The molecule has 5 rings (SSSR count). The van der Waals surface area contributed by atoms with E-state index in [9.17, 15) is 19.5 Å². The van der Waals surface area contributed by atoms with E-state index >= 15 is 0 Å². The van der Waals surface area contributed by atoms with E-state index in [1.54, 1.807) is 7.05 Å². The highest BCUT2D eigenvalue weighted by molar-refractivity contribution is 5.92. The van der Waals surface area contributed by atoms with Gasteiger partial charge in [-0.3, -0.25) is 19.3 Å². The van der Waals surface area contributed by atoms with Crippen molar-refractivity contribution in [1.29, 1.82) is 0 Å². The van der Waals surface area contributed by atoms with Crippen LogP contribution in [0, 0.1) is 5.92 Å². The number of hydrogen-bond donors (Lipinski definition) is 3. The molecule has 3 unspecified atom stereocenters. The minimum Gasteiger partial charge on any atom is -0.489 e. The molecule has 1 saturated carbocycles. The molecule has 9 heteroatoms. The van der Waals surface area contributed by atoms with E-state index in [0.717, 1.165) is 69.1 Å². The molecule has 0 aromatic heterocycles. The van der Waals surface area contributed by atoms with Gasteiger partial charge in [-0.1, -0.05) is 74.7 Å². The second-order valence-corrected chi connectivity index (χ2v) is 14.0. The van der Waals surface area contributed by atoms with Crippen molar-refractivity contribution < 1.29 is 24.2 Å². The van der Waals surface area contributed by atoms with E-state index in [2.05, 4.69) is 64.9 Å². The van der Waals surface area contributed by atoms with E-state index in [1.807, 2.05) is 13.1 Å². The number of para-hydroxylation sites is 1. The van der Waals surface area contributed by atoms with Gasteiger partial charge in [-0.05, 0) is 88.4 Å². The number of hydrogen-bond acceptors (Lipinski definition) is 6. The van der Waals surface area contributed by atoms with Gasteiger partial charge in [0.1, 0.15) is 17.9 Å². The molecule has 2 aromatic carbocycles. The van der Waals surface area contributed by atoms with Gasteiger partial charge in [0.2, 0.25) is 17.7 Å². The van der Waals surface area contributed by atoms with Crippen molar-refractivity contribution in [2.45, 2.75) is 109 Å². The number of aliphatic hydroxyl groups is 1. The molecule has 1 aliphatic carbocycles. The molecular weight excluding hydrogens is 592 g/mol. The maximum Gasteiger partial charge on any atom is 0.246 e. The van der Waals surface area contributed by atoms with Crippen LogP contribution in [0.15, 0.2) is 48.5 Å². The van der Waals surface area contributed by atoms with Crippen molar-refractivity contribution in [3.05, 3.63) is 65.2 Å².